The summed E-state index contributed by atoms with van der Waals surface area (Å²) in [6.07, 6.45) is 2.33. The molecule has 0 saturated heterocycles. The topological polar surface area (TPSA) is 46.5 Å². The third-order valence-electron chi connectivity index (χ3n) is 2.24. The lowest BCUT2D eigenvalue weighted by molar-refractivity contribution is -0.144. The van der Waals surface area contributed by atoms with Gasteiger partial charge >= 0.3 is 5.97 Å². The van der Waals surface area contributed by atoms with E-state index in [1.165, 1.54) is 0 Å². The largest absolute Gasteiger partial charge is 0.481 e. The van der Waals surface area contributed by atoms with Crippen molar-refractivity contribution in [1.82, 2.24) is 0 Å². The minimum absolute atomic E-state index is 0.408. The Morgan fingerprint density at radius 3 is 2.64 bits per heavy atom. The summed E-state index contributed by atoms with van der Waals surface area (Å²) in [4.78, 5) is 10.6. The molecular weight excluding hydrogens is 144 g/mol. The highest BCUT2D eigenvalue weighted by atomic mass is 16.5. The van der Waals surface area contributed by atoms with Crippen LogP contribution in [0.15, 0.2) is 0 Å². The van der Waals surface area contributed by atoms with Gasteiger partial charge < -0.3 is 9.84 Å². The van der Waals surface area contributed by atoms with Gasteiger partial charge in [0.1, 0.15) is 0 Å². The van der Waals surface area contributed by atoms with E-state index in [0.717, 1.165) is 12.8 Å². The standard InChI is InChI=1S/C8H14O3/c1-2-11-6-5-8(3-4-8)7(9)10/h2-6H2,1H3,(H,9,10). The molecule has 0 heterocycles. The summed E-state index contributed by atoms with van der Waals surface area (Å²) in [7, 11) is 0. The number of carboxylic acid groups (broad SMARTS) is 1. The summed E-state index contributed by atoms with van der Waals surface area (Å²) in [5.41, 5.74) is -0.408. The molecule has 1 N–H and O–H groups in total. The summed E-state index contributed by atoms with van der Waals surface area (Å²) >= 11 is 0. The van der Waals surface area contributed by atoms with Crippen molar-refractivity contribution in [3.05, 3.63) is 0 Å². The Morgan fingerprint density at radius 2 is 2.27 bits per heavy atom. The van der Waals surface area contributed by atoms with Crippen LogP contribution in [0.25, 0.3) is 0 Å². The highest BCUT2D eigenvalue weighted by Crippen LogP contribution is 2.48. The monoisotopic (exact) mass is 158 g/mol. The fraction of sp³-hybridized carbons (Fsp3) is 0.875. The predicted molar refractivity (Wildman–Crippen MR) is 40.4 cm³/mol. The summed E-state index contributed by atoms with van der Waals surface area (Å²) in [6, 6.07) is 0. The van der Waals surface area contributed by atoms with Crippen molar-refractivity contribution in [2.75, 3.05) is 13.2 Å². The molecule has 1 aliphatic carbocycles. The Labute approximate surface area is 66.4 Å². The van der Waals surface area contributed by atoms with E-state index in [9.17, 15) is 4.79 Å². The van der Waals surface area contributed by atoms with Gasteiger partial charge in [-0.05, 0) is 26.2 Å². The lowest BCUT2D eigenvalue weighted by atomic mass is 10.0. The Kier molecular flexibility index (Phi) is 2.49. The van der Waals surface area contributed by atoms with E-state index in [0.29, 0.717) is 19.6 Å². The lowest BCUT2D eigenvalue weighted by Gasteiger charge is -2.07. The maximum absolute atomic E-state index is 10.6. The van der Waals surface area contributed by atoms with Crippen LogP contribution < -0.4 is 0 Å². The second kappa shape index (κ2) is 3.22. The third-order valence-corrected chi connectivity index (χ3v) is 2.24. The second-order valence-electron chi connectivity index (χ2n) is 3.03. The molecule has 1 aliphatic rings. The van der Waals surface area contributed by atoms with Gasteiger partial charge in [0.2, 0.25) is 0 Å². The smallest absolute Gasteiger partial charge is 0.309 e. The van der Waals surface area contributed by atoms with Crippen molar-refractivity contribution in [3.8, 4) is 0 Å². The molecule has 0 amide bonds. The number of ether oxygens (including phenoxy) is 1. The van der Waals surface area contributed by atoms with Crippen LogP contribution in [0.2, 0.25) is 0 Å². The van der Waals surface area contributed by atoms with E-state index >= 15 is 0 Å². The van der Waals surface area contributed by atoms with E-state index < -0.39 is 11.4 Å². The molecule has 0 spiro atoms. The number of hydrogen-bond acceptors (Lipinski definition) is 2. The maximum Gasteiger partial charge on any atom is 0.309 e. The molecular formula is C8H14O3. The van der Waals surface area contributed by atoms with Crippen LogP contribution in [0.3, 0.4) is 0 Å². The second-order valence-corrected chi connectivity index (χ2v) is 3.03. The van der Waals surface area contributed by atoms with Gasteiger partial charge in [-0.2, -0.15) is 0 Å². The zero-order chi connectivity index (χ0) is 8.32. The number of aliphatic carboxylic acids is 1. The molecule has 1 saturated carbocycles. The number of hydrogen-bond donors (Lipinski definition) is 1. The van der Waals surface area contributed by atoms with E-state index in [2.05, 4.69) is 0 Å². The fourth-order valence-electron chi connectivity index (χ4n) is 1.13. The zero-order valence-corrected chi connectivity index (χ0v) is 6.80. The molecule has 0 radical (unpaired) electrons. The van der Waals surface area contributed by atoms with Crippen LogP contribution in [0, 0.1) is 5.41 Å². The molecule has 0 unspecified atom stereocenters. The van der Waals surface area contributed by atoms with Crippen LogP contribution in [0.5, 0.6) is 0 Å². The molecule has 1 rings (SSSR count). The summed E-state index contributed by atoms with van der Waals surface area (Å²) in [5.74, 6) is -0.655. The van der Waals surface area contributed by atoms with Crippen molar-refractivity contribution in [3.63, 3.8) is 0 Å². The maximum atomic E-state index is 10.6. The van der Waals surface area contributed by atoms with Crippen LogP contribution in [0.4, 0.5) is 0 Å². The normalized spacial score (nSPS) is 19.7. The molecule has 3 nitrogen and oxygen atoms in total. The minimum Gasteiger partial charge on any atom is -0.481 e. The van der Waals surface area contributed by atoms with Crippen molar-refractivity contribution >= 4 is 5.97 Å². The highest BCUT2D eigenvalue weighted by Gasteiger charge is 2.49. The molecule has 0 aliphatic heterocycles. The van der Waals surface area contributed by atoms with Gasteiger partial charge in [-0.15, -0.1) is 0 Å². The summed E-state index contributed by atoms with van der Waals surface area (Å²) in [5, 5.41) is 8.75. The molecule has 11 heavy (non-hydrogen) atoms. The van der Waals surface area contributed by atoms with E-state index in [-0.39, 0.29) is 0 Å². The first-order chi connectivity index (χ1) is 5.21. The van der Waals surface area contributed by atoms with Gasteiger partial charge in [0.15, 0.2) is 0 Å². The summed E-state index contributed by atoms with van der Waals surface area (Å²) in [6.45, 7) is 3.18. The fourth-order valence-corrected chi connectivity index (χ4v) is 1.13. The predicted octanol–water partition coefficient (Wildman–Crippen LogP) is 1.28. The van der Waals surface area contributed by atoms with E-state index in [4.69, 9.17) is 9.84 Å². The lowest BCUT2D eigenvalue weighted by Crippen LogP contribution is -2.16. The first-order valence-corrected chi connectivity index (χ1v) is 4.02. The Balaban J connectivity index is 2.20. The molecule has 0 aromatic heterocycles. The van der Waals surface area contributed by atoms with Crippen LogP contribution in [-0.4, -0.2) is 24.3 Å². The van der Waals surface area contributed by atoms with Gasteiger partial charge in [0, 0.05) is 13.2 Å². The van der Waals surface area contributed by atoms with Crippen LogP contribution in [-0.2, 0) is 9.53 Å². The van der Waals surface area contributed by atoms with Crippen LogP contribution in [0.1, 0.15) is 26.2 Å². The average Bonchev–Trinajstić information content (AvgIpc) is 2.70. The van der Waals surface area contributed by atoms with Crippen molar-refractivity contribution in [2.45, 2.75) is 26.2 Å². The van der Waals surface area contributed by atoms with Gasteiger partial charge in [-0.1, -0.05) is 0 Å². The average molecular weight is 158 g/mol. The zero-order valence-electron chi connectivity index (χ0n) is 6.80. The van der Waals surface area contributed by atoms with E-state index in [1.54, 1.807) is 0 Å². The minimum atomic E-state index is -0.655. The molecule has 0 bridgehead atoms. The number of carboxylic acids is 1. The molecule has 0 aromatic rings. The quantitative estimate of drug-likeness (QED) is 0.613. The number of carbonyl (C=O) groups is 1. The Bertz CT molecular complexity index is 149. The van der Waals surface area contributed by atoms with E-state index in [1.807, 2.05) is 6.92 Å². The first-order valence-electron chi connectivity index (χ1n) is 4.02. The molecule has 1 fully saturated rings. The first kappa shape index (κ1) is 8.53. The molecule has 0 atom stereocenters. The summed E-state index contributed by atoms with van der Waals surface area (Å²) < 4.78 is 5.10. The Hall–Kier alpha value is -0.570. The SMILES string of the molecule is CCOCCC1(C(=O)O)CC1. The highest BCUT2D eigenvalue weighted by molar-refractivity contribution is 5.77. The van der Waals surface area contributed by atoms with Gasteiger partial charge in [-0.25, -0.2) is 0 Å². The van der Waals surface area contributed by atoms with Gasteiger partial charge in [0.05, 0.1) is 5.41 Å². The molecule has 3 heteroatoms. The Morgan fingerprint density at radius 1 is 1.64 bits per heavy atom. The number of rotatable bonds is 5. The van der Waals surface area contributed by atoms with Crippen molar-refractivity contribution in [2.24, 2.45) is 5.41 Å². The van der Waals surface area contributed by atoms with Crippen molar-refractivity contribution in [1.29, 1.82) is 0 Å². The van der Waals surface area contributed by atoms with Gasteiger partial charge in [0.25, 0.3) is 0 Å². The van der Waals surface area contributed by atoms with Crippen molar-refractivity contribution < 1.29 is 14.6 Å². The third kappa shape index (κ3) is 1.93. The van der Waals surface area contributed by atoms with Crippen LogP contribution >= 0.6 is 0 Å². The molecule has 0 aromatic carbocycles. The van der Waals surface area contributed by atoms with Gasteiger partial charge in [-0.3, -0.25) is 4.79 Å². The molecule has 64 valence electrons.